The molecule has 1 amide bonds. The lowest BCUT2D eigenvalue weighted by Crippen LogP contribution is -2.42. The van der Waals surface area contributed by atoms with Crippen LogP contribution < -0.4 is 10.1 Å². The Morgan fingerprint density at radius 1 is 1.00 bits per heavy atom. The number of ether oxygens (including phenoxy) is 1. The normalized spacial score (nSPS) is 12.7. The highest BCUT2D eigenvalue weighted by Crippen LogP contribution is 2.25. The highest BCUT2D eigenvalue weighted by atomic mass is 32.2. The number of rotatable bonds is 8. The zero-order valence-corrected chi connectivity index (χ0v) is 17.2. The van der Waals surface area contributed by atoms with E-state index in [1.807, 2.05) is 48.5 Å². The molecule has 0 aliphatic rings. The van der Waals surface area contributed by atoms with Crippen molar-refractivity contribution in [3.8, 4) is 5.75 Å². The topological polar surface area (TPSA) is 75.7 Å². The van der Waals surface area contributed by atoms with E-state index in [-0.39, 0.29) is 13.2 Å². The summed E-state index contributed by atoms with van der Waals surface area (Å²) in [5, 5.41) is 4.86. The number of hydrogen-bond acceptors (Lipinski definition) is 4. The van der Waals surface area contributed by atoms with Crippen LogP contribution in [0.25, 0.3) is 10.8 Å². The Hall–Kier alpha value is -2.90. The molecule has 6 nitrogen and oxygen atoms in total. The summed E-state index contributed by atoms with van der Waals surface area (Å²) in [6.07, 6.45) is 1.08. The van der Waals surface area contributed by atoms with Crippen LogP contribution in [0.5, 0.6) is 5.75 Å². The molecular weight excluding hydrogens is 388 g/mol. The Labute approximate surface area is 171 Å². The summed E-state index contributed by atoms with van der Waals surface area (Å²) >= 11 is 0. The number of benzene rings is 3. The lowest BCUT2D eigenvalue weighted by atomic mass is 10.1. The van der Waals surface area contributed by atoms with Crippen molar-refractivity contribution in [2.24, 2.45) is 0 Å². The minimum Gasteiger partial charge on any atom is -0.491 e. The van der Waals surface area contributed by atoms with Crippen LogP contribution >= 0.6 is 0 Å². The summed E-state index contributed by atoms with van der Waals surface area (Å²) in [5.41, 5.74) is 0.605. The first-order valence-corrected chi connectivity index (χ1v) is 11.1. The Morgan fingerprint density at radius 3 is 2.38 bits per heavy atom. The van der Waals surface area contributed by atoms with Gasteiger partial charge in [0.25, 0.3) is 0 Å². The van der Waals surface area contributed by atoms with Crippen molar-refractivity contribution in [1.82, 2.24) is 9.62 Å². The van der Waals surface area contributed by atoms with E-state index in [0.717, 1.165) is 27.1 Å². The lowest BCUT2D eigenvalue weighted by molar-refractivity contribution is -0.124. The van der Waals surface area contributed by atoms with Crippen LogP contribution in [0.2, 0.25) is 0 Å². The Bertz CT molecular complexity index is 1080. The number of nitrogens with one attached hydrogen (secondary N) is 1. The van der Waals surface area contributed by atoms with E-state index in [1.54, 1.807) is 24.3 Å². The van der Waals surface area contributed by atoms with Gasteiger partial charge in [-0.15, -0.1) is 0 Å². The molecule has 7 heteroatoms. The van der Waals surface area contributed by atoms with Crippen molar-refractivity contribution >= 4 is 26.7 Å². The summed E-state index contributed by atoms with van der Waals surface area (Å²) in [4.78, 5) is 12.8. The maximum Gasteiger partial charge on any atom is 0.243 e. The quantitative estimate of drug-likeness (QED) is 0.577. The van der Waals surface area contributed by atoms with Crippen molar-refractivity contribution in [3.63, 3.8) is 0 Å². The Balaban J connectivity index is 1.66. The van der Waals surface area contributed by atoms with Crippen LogP contribution in [0, 0.1) is 0 Å². The molecule has 3 aromatic carbocycles. The lowest BCUT2D eigenvalue weighted by Gasteiger charge is -2.25. The van der Waals surface area contributed by atoms with E-state index in [0.29, 0.717) is 5.56 Å². The third kappa shape index (κ3) is 5.13. The summed E-state index contributed by atoms with van der Waals surface area (Å²) in [5.74, 6) is 0.343. The monoisotopic (exact) mass is 412 g/mol. The third-order valence-electron chi connectivity index (χ3n) is 4.66. The van der Waals surface area contributed by atoms with E-state index in [1.165, 1.54) is 7.05 Å². The van der Waals surface area contributed by atoms with Crippen molar-refractivity contribution in [2.45, 2.75) is 6.04 Å². The summed E-state index contributed by atoms with van der Waals surface area (Å²) in [6, 6.07) is 21.6. The first-order chi connectivity index (χ1) is 13.9. The number of hydrogen-bond donors (Lipinski definition) is 1. The van der Waals surface area contributed by atoms with Crippen LogP contribution in [0.1, 0.15) is 11.6 Å². The molecule has 0 heterocycles. The molecule has 152 valence electrons. The number of fused-ring (bicyclic) bond motifs is 1. The molecule has 0 spiro atoms. The van der Waals surface area contributed by atoms with Gasteiger partial charge in [0.15, 0.2) is 0 Å². The van der Waals surface area contributed by atoms with E-state index < -0.39 is 22.0 Å². The molecule has 0 aliphatic heterocycles. The number of nitrogens with zero attached hydrogens (tertiary/aromatic N) is 1. The molecule has 0 bridgehead atoms. The first kappa shape index (κ1) is 20.8. The van der Waals surface area contributed by atoms with Crippen molar-refractivity contribution < 1.29 is 17.9 Å². The number of amides is 1. The predicted octanol–water partition coefficient (Wildman–Crippen LogP) is 2.97. The van der Waals surface area contributed by atoms with Crippen LogP contribution in [0.4, 0.5) is 0 Å². The van der Waals surface area contributed by atoms with Crippen LogP contribution in [-0.2, 0) is 14.8 Å². The fraction of sp³-hybridized carbons (Fsp3) is 0.227. The molecule has 0 radical (unpaired) electrons. The smallest absolute Gasteiger partial charge is 0.243 e. The predicted molar refractivity (Wildman–Crippen MR) is 114 cm³/mol. The van der Waals surface area contributed by atoms with E-state index in [2.05, 4.69) is 5.32 Å². The molecule has 3 rings (SSSR count). The van der Waals surface area contributed by atoms with E-state index >= 15 is 0 Å². The van der Waals surface area contributed by atoms with Gasteiger partial charge < -0.3 is 10.1 Å². The van der Waals surface area contributed by atoms with Gasteiger partial charge >= 0.3 is 0 Å². The second-order valence-corrected chi connectivity index (χ2v) is 8.75. The molecule has 0 fully saturated rings. The maximum atomic E-state index is 12.8. The molecule has 0 aromatic heterocycles. The van der Waals surface area contributed by atoms with Gasteiger partial charge in [0.1, 0.15) is 18.4 Å². The highest BCUT2D eigenvalue weighted by molar-refractivity contribution is 7.88. The Morgan fingerprint density at radius 2 is 1.66 bits per heavy atom. The molecule has 0 aliphatic carbocycles. The van der Waals surface area contributed by atoms with Gasteiger partial charge in [-0.25, -0.2) is 8.42 Å². The highest BCUT2D eigenvalue weighted by Gasteiger charge is 2.30. The van der Waals surface area contributed by atoms with Gasteiger partial charge in [-0.2, -0.15) is 4.31 Å². The summed E-state index contributed by atoms with van der Waals surface area (Å²) < 4.78 is 30.9. The largest absolute Gasteiger partial charge is 0.491 e. The molecule has 29 heavy (non-hydrogen) atoms. The van der Waals surface area contributed by atoms with Crippen molar-refractivity contribution in [3.05, 3.63) is 78.4 Å². The van der Waals surface area contributed by atoms with Crippen molar-refractivity contribution in [1.29, 1.82) is 0 Å². The first-order valence-electron chi connectivity index (χ1n) is 9.24. The molecule has 3 aromatic rings. The number of likely N-dealkylation sites (N-methyl/N-ethyl adjacent to an activating group) is 1. The molecule has 1 N–H and O–H groups in total. The summed E-state index contributed by atoms with van der Waals surface area (Å²) in [7, 11) is -2.15. The fourth-order valence-corrected chi connectivity index (χ4v) is 3.71. The Kier molecular flexibility index (Phi) is 6.51. The third-order valence-corrected chi connectivity index (χ3v) is 5.92. The average molecular weight is 413 g/mol. The second-order valence-electron chi connectivity index (χ2n) is 6.71. The zero-order valence-electron chi connectivity index (χ0n) is 16.4. The van der Waals surface area contributed by atoms with Gasteiger partial charge in [-0.05, 0) is 17.0 Å². The van der Waals surface area contributed by atoms with Gasteiger partial charge in [0, 0.05) is 12.4 Å². The SMILES string of the molecule is CN([C@@H](C(=O)NCCOc1cccc2ccccc12)c1ccccc1)S(C)(=O)=O. The number of sulfonamides is 1. The number of carbonyl (C=O) groups is 1. The van der Waals surface area contributed by atoms with Gasteiger partial charge in [-0.3, -0.25) is 4.79 Å². The van der Waals surface area contributed by atoms with E-state index in [9.17, 15) is 13.2 Å². The van der Waals surface area contributed by atoms with Crippen LogP contribution in [-0.4, -0.2) is 45.1 Å². The van der Waals surface area contributed by atoms with Gasteiger partial charge in [0.05, 0.1) is 12.8 Å². The van der Waals surface area contributed by atoms with Crippen LogP contribution in [0.3, 0.4) is 0 Å². The number of carbonyl (C=O) groups excluding carboxylic acids is 1. The fourth-order valence-electron chi connectivity index (χ4n) is 3.11. The average Bonchev–Trinajstić information content (AvgIpc) is 2.71. The second kappa shape index (κ2) is 9.07. The molecular formula is C22H24N2O4S. The molecule has 0 saturated carbocycles. The molecule has 0 saturated heterocycles. The van der Waals surface area contributed by atoms with Gasteiger partial charge in [-0.1, -0.05) is 66.7 Å². The minimum atomic E-state index is -3.55. The zero-order chi connectivity index (χ0) is 20.9. The van der Waals surface area contributed by atoms with Crippen molar-refractivity contribution in [2.75, 3.05) is 26.5 Å². The standard InChI is InChI=1S/C22H24N2O4S/c1-24(29(2,26)27)21(18-10-4-3-5-11-18)22(25)23-15-16-28-20-14-8-12-17-9-6-7-13-19(17)20/h3-14,21H,15-16H2,1-2H3,(H,23,25)/t21-/m1/s1. The molecule has 1 atom stereocenters. The minimum absolute atomic E-state index is 0.253. The maximum absolute atomic E-state index is 12.8. The van der Waals surface area contributed by atoms with Crippen LogP contribution in [0.15, 0.2) is 72.8 Å². The molecule has 0 unspecified atom stereocenters. The summed E-state index contributed by atoms with van der Waals surface area (Å²) in [6.45, 7) is 0.521. The van der Waals surface area contributed by atoms with Gasteiger partial charge in [0.2, 0.25) is 15.9 Å². The van der Waals surface area contributed by atoms with E-state index in [4.69, 9.17) is 4.74 Å².